The van der Waals surface area contributed by atoms with Crippen molar-refractivity contribution in [2.75, 3.05) is 13.1 Å². The van der Waals surface area contributed by atoms with Crippen LogP contribution in [-0.4, -0.2) is 50.8 Å². The van der Waals surface area contributed by atoms with Crippen LogP contribution in [-0.2, 0) is 4.79 Å². The minimum absolute atomic E-state index is 0.122. The van der Waals surface area contributed by atoms with E-state index in [9.17, 15) is 23.4 Å². The van der Waals surface area contributed by atoms with Crippen molar-refractivity contribution in [3.05, 3.63) is 54.2 Å². The van der Waals surface area contributed by atoms with E-state index in [4.69, 9.17) is 9.90 Å². The van der Waals surface area contributed by atoms with Crippen molar-refractivity contribution in [1.29, 1.82) is 0 Å². The number of carbonyl (C=O) groups is 1. The number of hydrogen-bond donors (Lipinski definition) is 4. The number of carboxylic acids is 1. The number of alkyl halides is 3. The number of hydrogen-bond acceptors (Lipinski definition) is 6. The van der Waals surface area contributed by atoms with Crippen LogP contribution in [0.15, 0.2) is 48.5 Å². The van der Waals surface area contributed by atoms with Gasteiger partial charge in [0.2, 0.25) is 0 Å². The molecule has 1 aliphatic rings. The Hall–Kier alpha value is -3.66. The molecular formula is C21H18F3N3O4. The Labute approximate surface area is 174 Å². The summed E-state index contributed by atoms with van der Waals surface area (Å²) in [6.45, 7) is 1.81. The van der Waals surface area contributed by atoms with Gasteiger partial charge in [-0.3, -0.25) is 0 Å². The number of rotatable bonds is 2. The van der Waals surface area contributed by atoms with Gasteiger partial charge in [-0.15, -0.1) is 5.10 Å². The third kappa shape index (κ3) is 5.48. The molecule has 31 heavy (non-hydrogen) atoms. The molecule has 2 aromatic carbocycles. The Kier molecular flexibility index (Phi) is 6.40. The number of halogens is 3. The summed E-state index contributed by atoms with van der Waals surface area (Å²) in [5, 5.41) is 40.6. The van der Waals surface area contributed by atoms with E-state index in [0.29, 0.717) is 11.3 Å². The van der Waals surface area contributed by atoms with Crippen molar-refractivity contribution in [3.63, 3.8) is 0 Å². The number of benzene rings is 2. The molecule has 1 aromatic heterocycles. The van der Waals surface area contributed by atoms with Crippen LogP contribution in [0.1, 0.15) is 12.1 Å². The molecule has 0 fully saturated rings. The highest BCUT2D eigenvalue weighted by Gasteiger charge is 2.38. The quantitative estimate of drug-likeness (QED) is 0.487. The second kappa shape index (κ2) is 9.00. The van der Waals surface area contributed by atoms with Gasteiger partial charge in [0, 0.05) is 12.1 Å². The molecule has 3 aromatic rings. The average molecular weight is 433 g/mol. The Bertz CT molecular complexity index is 1130. The zero-order valence-corrected chi connectivity index (χ0v) is 16.0. The Morgan fingerprint density at radius 3 is 2.23 bits per heavy atom. The molecule has 0 amide bonds. The van der Waals surface area contributed by atoms with E-state index >= 15 is 0 Å². The summed E-state index contributed by atoms with van der Waals surface area (Å²) in [6, 6.07) is 12.4. The third-order valence-corrected chi connectivity index (χ3v) is 4.51. The van der Waals surface area contributed by atoms with Gasteiger partial charge in [-0.2, -0.15) is 18.3 Å². The van der Waals surface area contributed by atoms with Crippen molar-refractivity contribution in [3.8, 4) is 22.8 Å². The molecular weight excluding hydrogens is 415 g/mol. The highest BCUT2D eigenvalue weighted by atomic mass is 19.4. The van der Waals surface area contributed by atoms with Crippen LogP contribution < -0.4 is 5.32 Å². The molecule has 0 spiro atoms. The number of fused-ring (bicyclic) bond motifs is 1. The normalized spacial score (nSPS) is 13.8. The molecule has 4 N–H and O–H groups in total. The highest BCUT2D eigenvalue weighted by Crippen LogP contribution is 2.33. The molecule has 0 saturated heterocycles. The van der Waals surface area contributed by atoms with Gasteiger partial charge in [-0.05, 0) is 65.7 Å². The monoisotopic (exact) mass is 433 g/mol. The summed E-state index contributed by atoms with van der Waals surface area (Å²) < 4.78 is 31.7. The van der Waals surface area contributed by atoms with E-state index < -0.39 is 12.1 Å². The zero-order chi connectivity index (χ0) is 22.6. The number of nitrogens with one attached hydrogen (secondary N) is 1. The van der Waals surface area contributed by atoms with Crippen molar-refractivity contribution in [2.24, 2.45) is 0 Å². The maximum atomic E-state index is 10.6. The summed E-state index contributed by atoms with van der Waals surface area (Å²) >= 11 is 0. The fraction of sp³-hybridized carbons (Fsp3) is 0.190. The van der Waals surface area contributed by atoms with Gasteiger partial charge >= 0.3 is 12.1 Å². The van der Waals surface area contributed by atoms with Crippen LogP contribution in [0.5, 0.6) is 11.5 Å². The van der Waals surface area contributed by atoms with Gasteiger partial charge in [0.1, 0.15) is 11.5 Å². The molecule has 10 heteroatoms. The summed E-state index contributed by atoms with van der Waals surface area (Å²) in [6.07, 6.45) is -2.01. The van der Waals surface area contributed by atoms with E-state index in [1.165, 1.54) is 5.57 Å². The molecule has 1 aliphatic heterocycles. The fourth-order valence-corrected chi connectivity index (χ4v) is 2.98. The van der Waals surface area contributed by atoms with Crippen molar-refractivity contribution in [1.82, 2.24) is 15.5 Å². The standard InChI is InChI=1S/C19H17N3O2.C2HF3O2/c23-15-2-1-13-10-16(19(24)11-14(13)9-15)18-4-3-17(21-22-18)12-5-7-20-8-6-12;3-2(4,5)1(6)7/h1-5,9-11,20,23-24H,6-8H2;(H,6,7). The van der Waals surface area contributed by atoms with Gasteiger partial charge in [0.25, 0.3) is 0 Å². The molecule has 7 nitrogen and oxygen atoms in total. The maximum absolute atomic E-state index is 10.6. The Balaban J connectivity index is 0.000000339. The number of phenolic OH excluding ortho intramolecular Hbond substituents is 2. The largest absolute Gasteiger partial charge is 0.508 e. The van der Waals surface area contributed by atoms with Gasteiger partial charge < -0.3 is 20.6 Å². The van der Waals surface area contributed by atoms with Crippen molar-refractivity contribution in [2.45, 2.75) is 12.6 Å². The number of nitrogens with zero attached hydrogens (tertiary/aromatic N) is 2. The predicted molar refractivity (Wildman–Crippen MR) is 107 cm³/mol. The Morgan fingerprint density at radius 1 is 0.968 bits per heavy atom. The maximum Gasteiger partial charge on any atom is 0.490 e. The molecule has 2 heterocycles. The van der Waals surface area contributed by atoms with E-state index in [2.05, 4.69) is 21.6 Å². The lowest BCUT2D eigenvalue weighted by molar-refractivity contribution is -0.192. The molecule has 0 bridgehead atoms. The van der Waals surface area contributed by atoms with Crippen LogP contribution in [0.25, 0.3) is 27.6 Å². The van der Waals surface area contributed by atoms with Crippen molar-refractivity contribution >= 4 is 22.3 Å². The van der Waals surface area contributed by atoms with Crippen LogP contribution in [0.2, 0.25) is 0 Å². The van der Waals surface area contributed by atoms with Gasteiger partial charge in [0.05, 0.1) is 11.4 Å². The summed E-state index contributed by atoms with van der Waals surface area (Å²) in [5.41, 5.74) is 3.34. The van der Waals surface area contributed by atoms with Crippen LogP contribution >= 0.6 is 0 Å². The van der Waals surface area contributed by atoms with E-state index in [0.717, 1.165) is 36.0 Å². The number of phenols is 2. The molecule has 0 atom stereocenters. The minimum atomic E-state index is -5.08. The topological polar surface area (TPSA) is 116 Å². The fourth-order valence-electron chi connectivity index (χ4n) is 2.98. The molecule has 4 rings (SSSR count). The second-order valence-electron chi connectivity index (χ2n) is 6.69. The number of aromatic nitrogens is 2. The smallest absolute Gasteiger partial charge is 0.490 e. The minimum Gasteiger partial charge on any atom is -0.508 e. The predicted octanol–water partition coefficient (Wildman–Crippen LogP) is 3.72. The van der Waals surface area contributed by atoms with E-state index in [1.54, 1.807) is 18.2 Å². The summed E-state index contributed by atoms with van der Waals surface area (Å²) in [4.78, 5) is 8.90. The van der Waals surface area contributed by atoms with Gasteiger partial charge in [-0.1, -0.05) is 12.1 Å². The molecule has 0 saturated carbocycles. The number of aliphatic carboxylic acids is 1. The molecule has 0 unspecified atom stereocenters. The van der Waals surface area contributed by atoms with E-state index in [-0.39, 0.29) is 11.5 Å². The summed E-state index contributed by atoms with van der Waals surface area (Å²) in [5.74, 6) is -2.46. The number of aromatic hydroxyl groups is 2. The lowest BCUT2D eigenvalue weighted by atomic mass is 10.0. The van der Waals surface area contributed by atoms with Crippen LogP contribution in [0.3, 0.4) is 0 Å². The van der Waals surface area contributed by atoms with E-state index in [1.807, 2.05) is 24.3 Å². The zero-order valence-electron chi connectivity index (χ0n) is 16.0. The first kappa shape index (κ1) is 22.0. The second-order valence-corrected chi connectivity index (χ2v) is 6.69. The first-order valence-electron chi connectivity index (χ1n) is 9.15. The Morgan fingerprint density at radius 2 is 1.65 bits per heavy atom. The highest BCUT2D eigenvalue weighted by molar-refractivity contribution is 5.90. The van der Waals surface area contributed by atoms with Crippen LogP contribution in [0, 0.1) is 0 Å². The molecule has 162 valence electrons. The molecule has 0 aliphatic carbocycles. The average Bonchev–Trinajstić information content (AvgIpc) is 2.74. The van der Waals surface area contributed by atoms with Gasteiger partial charge in [-0.25, -0.2) is 4.79 Å². The first-order chi connectivity index (χ1) is 14.6. The number of carboxylic acid groups (broad SMARTS) is 1. The SMILES string of the molecule is O=C(O)C(F)(F)F.Oc1ccc2cc(-c3ccc(C4=CCNCC4)nn3)c(O)cc2c1. The van der Waals surface area contributed by atoms with Crippen molar-refractivity contribution < 1.29 is 33.3 Å². The summed E-state index contributed by atoms with van der Waals surface area (Å²) in [7, 11) is 0. The lowest BCUT2D eigenvalue weighted by Crippen LogP contribution is -2.21. The lowest BCUT2D eigenvalue weighted by Gasteiger charge is -2.13. The third-order valence-electron chi connectivity index (χ3n) is 4.51. The van der Waals surface area contributed by atoms with Gasteiger partial charge in [0.15, 0.2) is 0 Å². The first-order valence-corrected chi connectivity index (χ1v) is 9.15. The van der Waals surface area contributed by atoms with Crippen LogP contribution in [0.4, 0.5) is 13.2 Å². The molecule has 0 radical (unpaired) electrons.